The first-order chi connectivity index (χ1) is 10.0. The summed E-state index contributed by atoms with van der Waals surface area (Å²) in [5, 5.41) is 8.43. The van der Waals surface area contributed by atoms with Gasteiger partial charge in [0.1, 0.15) is 5.82 Å². The van der Waals surface area contributed by atoms with Crippen LogP contribution in [0, 0.1) is 5.82 Å². The number of hydrogen-bond donors (Lipinski definition) is 1. The summed E-state index contributed by atoms with van der Waals surface area (Å²) in [6, 6.07) is 6.78. The molecule has 0 fully saturated rings. The SMILES string of the molecule is CCNC(Cc1cc(Cl)ccc1F)c1cc(CC)nn1C. The average molecular weight is 310 g/mol. The molecule has 1 N–H and O–H groups in total. The van der Waals surface area contributed by atoms with Gasteiger partial charge in [-0.3, -0.25) is 4.68 Å². The first-order valence-electron chi connectivity index (χ1n) is 7.25. The standard InChI is InChI=1S/C16H21ClFN3/c1-4-13-10-16(21(3)20-13)15(19-5-2)9-11-8-12(17)6-7-14(11)18/h6-8,10,15,19H,4-5,9H2,1-3H3. The van der Waals surface area contributed by atoms with E-state index in [2.05, 4.69) is 23.4 Å². The van der Waals surface area contributed by atoms with Crippen LogP contribution >= 0.6 is 11.6 Å². The van der Waals surface area contributed by atoms with E-state index in [1.807, 2.05) is 18.7 Å². The fourth-order valence-corrected chi connectivity index (χ4v) is 2.68. The minimum absolute atomic E-state index is 0.0146. The predicted molar refractivity (Wildman–Crippen MR) is 84.1 cm³/mol. The third-order valence-electron chi connectivity index (χ3n) is 3.57. The van der Waals surface area contributed by atoms with Crippen molar-refractivity contribution >= 4 is 11.6 Å². The van der Waals surface area contributed by atoms with E-state index in [1.54, 1.807) is 12.1 Å². The van der Waals surface area contributed by atoms with Crippen LogP contribution in [0.2, 0.25) is 5.02 Å². The highest BCUT2D eigenvalue weighted by molar-refractivity contribution is 6.30. The molecule has 0 saturated carbocycles. The Morgan fingerprint density at radius 1 is 1.33 bits per heavy atom. The predicted octanol–water partition coefficient (Wildman–Crippen LogP) is 3.67. The van der Waals surface area contributed by atoms with E-state index in [-0.39, 0.29) is 11.9 Å². The second-order valence-corrected chi connectivity index (χ2v) is 5.52. The van der Waals surface area contributed by atoms with Crippen molar-refractivity contribution in [2.24, 2.45) is 7.05 Å². The maximum absolute atomic E-state index is 13.9. The molecule has 1 heterocycles. The zero-order valence-electron chi connectivity index (χ0n) is 12.7. The third kappa shape index (κ3) is 3.83. The van der Waals surface area contributed by atoms with Gasteiger partial charge < -0.3 is 5.32 Å². The summed E-state index contributed by atoms with van der Waals surface area (Å²) in [6.45, 7) is 4.92. The van der Waals surface area contributed by atoms with Crippen molar-refractivity contribution < 1.29 is 4.39 Å². The van der Waals surface area contributed by atoms with E-state index < -0.39 is 0 Å². The Labute approximate surface area is 130 Å². The normalized spacial score (nSPS) is 12.6. The van der Waals surface area contributed by atoms with E-state index in [0.29, 0.717) is 17.0 Å². The molecule has 1 atom stereocenters. The van der Waals surface area contributed by atoms with E-state index in [0.717, 1.165) is 24.4 Å². The van der Waals surface area contributed by atoms with Crippen molar-refractivity contribution in [2.75, 3.05) is 6.54 Å². The Balaban J connectivity index is 2.30. The molecule has 2 aromatic rings. The van der Waals surface area contributed by atoms with Gasteiger partial charge >= 0.3 is 0 Å². The summed E-state index contributed by atoms with van der Waals surface area (Å²) in [4.78, 5) is 0. The summed E-state index contributed by atoms with van der Waals surface area (Å²) in [5.41, 5.74) is 2.72. The molecule has 5 heteroatoms. The smallest absolute Gasteiger partial charge is 0.126 e. The first kappa shape index (κ1) is 16.0. The first-order valence-corrected chi connectivity index (χ1v) is 7.63. The maximum atomic E-state index is 13.9. The minimum Gasteiger partial charge on any atom is -0.309 e. The fraction of sp³-hybridized carbons (Fsp3) is 0.438. The van der Waals surface area contributed by atoms with Crippen LogP contribution in [0.15, 0.2) is 24.3 Å². The van der Waals surface area contributed by atoms with E-state index >= 15 is 0 Å². The van der Waals surface area contributed by atoms with Gasteiger partial charge in [0.2, 0.25) is 0 Å². The third-order valence-corrected chi connectivity index (χ3v) is 3.80. The summed E-state index contributed by atoms with van der Waals surface area (Å²) in [7, 11) is 1.92. The largest absolute Gasteiger partial charge is 0.309 e. The number of nitrogens with one attached hydrogen (secondary N) is 1. The molecule has 0 aliphatic heterocycles. The lowest BCUT2D eigenvalue weighted by Gasteiger charge is -2.18. The zero-order chi connectivity index (χ0) is 15.4. The Bertz CT molecular complexity index is 610. The summed E-state index contributed by atoms with van der Waals surface area (Å²) in [6.07, 6.45) is 1.43. The number of benzene rings is 1. The van der Waals surface area contributed by atoms with Crippen LogP contribution in [0.4, 0.5) is 4.39 Å². The summed E-state index contributed by atoms with van der Waals surface area (Å²) in [5.74, 6) is -0.222. The number of aromatic nitrogens is 2. The van der Waals surface area contributed by atoms with E-state index in [9.17, 15) is 4.39 Å². The topological polar surface area (TPSA) is 29.9 Å². The van der Waals surface area contributed by atoms with Crippen LogP contribution in [0.25, 0.3) is 0 Å². The Kier molecular flexibility index (Phi) is 5.37. The molecule has 114 valence electrons. The number of hydrogen-bond acceptors (Lipinski definition) is 2. The van der Waals surface area contributed by atoms with Crippen molar-refractivity contribution in [3.8, 4) is 0 Å². The lowest BCUT2D eigenvalue weighted by atomic mass is 10.0. The number of nitrogens with zero attached hydrogens (tertiary/aromatic N) is 2. The molecule has 0 aliphatic carbocycles. The monoisotopic (exact) mass is 309 g/mol. The molecular formula is C16H21ClFN3. The molecule has 0 spiro atoms. The van der Waals surface area contributed by atoms with Crippen molar-refractivity contribution in [1.29, 1.82) is 0 Å². The van der Waals surface area contributed by atoms with Crippen molar-refractivity contribution in [3.63, 3.8) is 0 Å². The van der Waals surface area contributed by atoms with Crippen molar-refractivity contribution in [3.05, 3.63) is 52.1 Å². The molecule has 1 unspecified atom stereocenters. The van der Waals surface area contributed by atoms with Crippen LogP contribution in [0.1, 0.15) is 36.8 Å². The van der Waals surface area contributed by atoms with E-state index in [4.69, 9.17) is 11.6 Å². The molecule has 0 aliphatic rings. The van der Waals surface area contributed by atoms with Gasteiger partial charge in [-0.05, 0) is 49.2 Å². The lowest BCUT2D eigenvalue weighted by molar-refractivity contribution is 0.495. The fourth-order valence-electron chi connectivity index (χ4n) is 2.49. The van der Waals surface area contributed by atoms with Crippen molar-refractivity contribution in [2.45, 2.75) is 32.7 Å². The molecular weight excluding hydrogens is 289 g/mol. The minimum atomic E-state index is -0.222. The van der Waals surface area contributed by atoms with E-state index in [1.165, 1.54) is 6.07 Å². The van der Waals surface area contributed by atoms with Crippen LogP contribution in [-0.2, 0) is 19.9 Å². The molecule has 0 radical (unpaired) electrons. The highest BCUT2D eigenvalue weighted by Crippen LogP contribution is 2.23. The second-order valence-electron chi connectivity index (χ2n) is 5.09. The van der Waals surface area contributed by atoms with Crippen molar-refractivity contribution in [1.82, 2.24) is 15.1 Å². The molecule has 0 bridgehead atoms. The molecule has 0 amide bonds. The molecule has 2 rings (SSSR count). The van der Waals surface area contributed by atoms with Gasteiger partial charge in [0.25, 0.3) is 0 Å². The number of halogens is 2. The molecule has 1 aromatic heterocycles. The van der Waals surface area contributed by atoms with Gasteiger partial charge in [-0.2, -0.15) is 5.10 Å². The summed E-state index contributed by atoms with van der Waals surface area (Å²) >= 11 is 5.98. The van der Waals surface area contributed by atoms with Crippen LogP contribution in [0.3, 0.4) is 0 Å². The second kappa shape index (κ2) is 7.05. The average Bonchev–Trinajstić information content (AvgIpc) is 2.83. The highest BCUT2D eigenvalue weighted by atomic mass is 35.5. The zero-order valence-corrected chi connectivity index (χ0v) is 13.4. The quantitative estimate of drug-likeness (QED) is 0.882. The van der Waals surface area contributed by atoms with Crippen LogP contribution in [-0.4, -0.2) is 16.3 Å². The molecule has 21 heavy (non-hydrogen) atoms. The van der Waals surface area contributed by atoms with Crippen LogP contribution < -0.4 is 5.32 Å². The van der Waals surface area contributed by atoms with Gasteiger partial charge in [-0.25, -0.2) is 4.39 Å². The highest BCUT2D eigenvalue weighted by Gasteiger charge is 2.18. The van der Waals surface area contributed by atoms with Gasteiger partial charge in [0.05, 0.1) is 17.4 Å². The lowest BCUT2D eigenvalue weighted by Crippen LogP contribution is -2.25. The van der Waals surface area contributed by atoms with Crippen LogP contribution in [0.5, 0.6) is 0 Å². The van der Waals surface area contributed by atoms with Gasteiger partial charge in [-0.15, -0.1) is 0 Å². The summed E-state index contributed by atoms with van der Waals surface area (Å²) < 4.78 is 15.8. The molecule has 1 aromatic carbocycles. The number of likely N-dealkylation sites (N-methyl/N-ethyl adjacent to an activating group) is 1. The number of rotatable bonds is 6. The van der Waals surface area contributed by atoms with Gasteiger partial charge in [-0.1, -0.05) is 25.4 Å². The maximum Gasteiger partial charge on any atom is 0.126 e. The van der Waals surface area contributed by atoms with Gasteiger partial charge in [0.15, 0.2) is 0 Å². The molecule has 3 nitrogen and oxygen atoms in total. The Hall–Kier alpha value is -1.39. The number of aryl methyl sites for hydroxylation is 2. The molecule has 0 saturated heterocycles. The Morgan fingerprint density at radius 3 is 2.71 bits per heavy atom. The van der Waals surface area contributed by atoms with Gasteiger partial charge in [0, 0.05) is 12.1 Å². The Morgan fingerprint density at radius 2 is 2.10 bits per heavy atom.